The molecule has 1 fully saturated rings. The summed E-state index contributed by atoms with van der Waals surface area (Å²) < 4.78 is 5.17. The van der Waals surface area contributed by atoms with Crippen LogP contribution in [0.4, 0.5) is 0 Å². The number of ether oxygens (including phenoxy) is 1. The van der Waals surface area contributed by atoms with Gasteiger partial charge in [0.15, 0.2) is 0 Å². The molecular weight excluding hydrogens is 124 g/mol. The molecule has 0 atom stereocenters. The van der Waals surface area contributed by atoms with E-state index in [0.717, 1.165) is 19.1 Å². The Balaban J connectivity index is 2.33. The third-order valence-electron chi connectivity index (χ3n) is 2.64. The van der Waals surface area contributed by atoms with Gasteiger partial charge in [-0.05, 0) is 11.8 Å². The molecule has 0 aromatic rings. The zero-order valence-electron chi connectivity index (χ0n) is 7.31. The van der Waals surface area contributed by atoms with E-state index >= 15 is 0 Å². The van der Waals surface area contributed by atoms with Crippen LogP contribution in [0.15, 0.2) is 0 Å². The van der Waals surface area contributed by atoms with Gasteiger partial charge >= 0.3 is 0 Å². The molecule has 0 N–H and O–H groups in total. The first kappa shape index (κ1) is 8.06. The first-order chi connectivity index (χ1) is 4.67. The van der Waals surface area contributed by atoms with E-state index in [9.17, 15) is 0 Å². The first-order valence-electron chi connectivity index (χ1n) is 4.24. The predicted octanol–water partition coefficient (Wildman–Crippen LogP) is 2.46. The minimum atomic E-state index is 0.521. The van der Waals surface area contributed by atoms with E-state index in [-0.39, 0.29) is 0 Å². The number of hydrogen-bond donors (Lipinski definition) is 0. The molecular formula is C9H18O. The van der Waals surface area contributed by atoms with Gasteiger partial charge in [0.1, 0.15) is 0 Å². The summed E-state index contributed by atoms with van der Waals surface area (Å²) >= 11 is 0. The molecule has 1 heteroatoms. The van der Waals surface area contributed by atoms with Gasteiger partial charge in [-0.3, -0.25) is 0 Å². The van der Waals surface area contributed by atoms with Crippen molar-refractivity contribution in [1.29, 1.82) is 0 Å². The maximum absolute atomic E-state index is 5.17. The lowest BCUT2D eigenvalue weighted by atomic mass is 9.74. The molecule has 1 saturated heterocycles. The fraction of sp³-hybridized carbons (Fsp3) is 1.00. The van der Waals surface area contributed by atoms with Crippen LogP contribution in [-0.2, 0) is 4.74 Å². The Morgan fingerprint density at radius 3 is 2.30 bits per heavy atom. The molecule has 0 unspecified atom stereocenters. The van der Waals surface area contributed by atoms with Crippen molar-refractivity contribution >= 4 is 0 Å². The normalized spacial score (nSPS) is 20.7. The molecule has 0 radical (unpaired) electrons. The van der Waals surface area contributed by atoms with Gasteiger partial charge < -0.3 is 4.74 Å². The van der Waals surface area contributed by atoms with E-state index in [1.54, 1.807) is 0 Å². The molecule has 10 heavy (non-hydrogen) atoms. The highest BCUT2D eigenvalue weighted by Crippen LogP contribution is 2.36. The van der Waals surface area contributed by atoms with Crippen LogP contribution in [0.3, 0.4) is 0 Å². The molecule has 1 aliphatic heterocycles. The van der Waals surface area contributed by atoms with Gasteiger partial charge in [0.25, 0.3) is 0 Å². The van der Waals surface area contributed by atoms with Crippen LogP contribution in [0.2, 0.25) is 0 Å². The topological polar surface area (TPSA) is 9.23 Å². The summed E-state index contributed by atoms with van der Waals surface area (Å²) in [4.78, 5) is 0. The first-order valence-corrected chi connectivity index (χ1v) is 4.24. The summed E-state index contributed by atoms with van der Waals surface area (Å²) in [6.07, 6.45) is 2.63. The minimum Gasteiger partial charge on any atom is -0.381 e. The van der Waals surface area contributed by atoms with E-state index in [0.29, 0.717) is 5.41 Å². The summed E-state index contributed by atoms with van der Waals surface area (Å²) in [5.41, 5.74) is 0.521. The molecule has 1 rings (SSSR count). The molecule has 0 spiro atoms. The zero-order chi connectivity index (χ0) is 7.61. The summed E-state index contributed by atoms with van der Waals surface area (Å²) in [6, 6.07) is 0. The third kappa shape index (κ3) is 1.51. The van der Waals surface area contributed by atoms with E-state index in [1.807, 2.05) is 0 Å². The van der Waals surface area contributed by atoms with Gasteiger partial charge in [0.2, 0.25) is 0 Å². The average molecular weight is 142 g/mol. The van der Waals surface area contributed by atoms with Crippen LogP contribution >= 0.6 is 0 Å². The predicted molar refractivity (Wildman–Crippen MR) is 43.0 cm³/mol. The van der Waals surface area contributed by atoms with Crippen LogP contribution in [-0.4, -0.2) is 13.2 Å². The second-order valence-electron chi connectivity index (χ2n) is 3.97. The molecule has 0 aromatic heterocycles. The van der Waals surface area contributed by atoms with Gasteiger partial charge in [-0.2, -0.15) is 0 Å². The van der Waals surface area contributed by atoms with Gasteiger partial charge in [-0.15, -0.1) is 0 Å². The van der Waals surface area contributed by atoms with Crippen molar-refractivity contribution in [3.63, 3.8) is 0 Å². The Bertz CT molecular complexity index is 103. The highest BCUT2D eigenvalue weighted by Gasteiger charge is 2.33. The zero-order valence-corrected chi connectivity index (χ0v) is 7.31. The third-order valence-corrected chi connectivity index (χ3v) is 2.64. The largest absolute Gasteiger partial charge is 0.381 e. The second kappa shape index (κ2) is 2.91. The lowest BCUT2D eigenvalue weighted by Gasteiger charge is -2.40. The van der Waals surface area contributed by atoms with Crippen LogP contribution in [0.5, 0.6) is 0 Å². The Hall–Kier alpha value is -0.0400. The molecule has 1 nitrogen and oxygen atoms in total. The Kier molecular flexibility index (Phi) is 2.35. The molecule has 1 aliphatic rings. The van der Waals surface area contributed by atoms with Gasteiger partial charge in [-0.25, -0.2) is 0 Å². The monoisotopic (exact) mass is 142 g/mol. The maximum atomic E-state index is 5.17. The summed E-state index contributed by atoms with van der Waals surface area (Å²) in [5, 5.41) is 0. The van der Waals surface area contributed by atoms with E-state index in [2.05, 4.69) is 20.8 Å². The summed E-state index contributed by atoms with van der Waals surface area (Å²) in [6.45, 7) is 8.94. The Labute approximate surface area is 63.8 Å². The van der Waals surface area contributed by atoms with E-state index < -0.39 is 0 Å². The molecule has 0 bridgehead atoms. The SMILES string of the molecule is CCCC(C)(C)C1COC1. The Morgan fingerprint density at radius 2 is 2.00 bits per heavy atom. The lowest BCUT2D eigenvalue weighted by molar-refractivity contribution is -0.0903. The second-order valence-corrected chi connectivity index (χ2v) is 3.97. The fourth-order valence-electron chi connectivity index (χ4n) is 1.54. The van der Waals surface area contributed by atoms with Crippen LogP contribution in [0, 0.1) is 11.3 Å². The molecule has 0 amide bonds. The van der Waals surface area contributed by atoms with Gasteiger partial charge in [-0.1, -0.05) is 27.2 Å². The quantitative estimate of drug-likeness (QED) is 0.588. The molecule has 0 aliphatic carbocycles. The standard InChI is InChI=1S/C9H18O/c1-4-5-9(2,3)8-6-10-7-8/h8H,4-7H2,1-3H3. The van der Waals surface area contributed by atoms with E-state index in [4.69, 9.17) is 4.74 Å². The van der Waals surface area contributed by atoms with Crippen molar-refractivity contribution in [3.8, 4) is 0 Å². The molecule has 60 valence electrons. The maximum Gasteiger partial charge on any atom is 0.0521 e. The van der Waals surface area contributed by atoms with Crippen LogP contribution in [0.1, 0.15) is 33.6 Å². The smallest absolute Gasteiger partial charge is 0.0521 e. The van der Waals surface area contributed by atoms with Gasteiger partial charge in [0, 0.05) is 5.92 Å². The number of rotatable bonds is 3. The van der Waals surface area contributed by atoms with Crippen molar-refractivity contribution < 1.29 is 4.74 Å². The van der Waals surface area contributed by atoms with Crippen molar-refractivity contribution in [2.75, 3.05) is 13.2 Å². The van der Waals surface area contributed by atoms with Crippen molar-refractivity contribution in [2.24, 2.45) is 11.3 Å². The van der Waals surface area contributed by atoms with Crippen molar-refractivity contribution in [3.05, 3.63) is 0 Å². The fourth-order valence-corrected chi connectivity index (χ4v) is 1.54. The molecule has 0 aromatic carbocycles. The summed E-state index contributed by atoms with van der Waals surface area (Å²) in [5.74, 6) is 0.826. The lowest BCUT2D eigenvalue weighted by Crippen LogP contribution is -2.39. The van der Waals surface area contributed by atoms with Crippen molar-refractivity contribution in [1.82, 2.24) is 0 Å². The van der Waals surface area contributed by atoms with Crippen molar-refractivity contribution in [2.45, 2.75) is 33.6 Å². The highest BCUT2D eigenvalue weighted by molar-refractivity contribution is 4.81. The number of hydrogen-bond acceptors (Lipinski definition) is 1. The van der Waals surface area contributed by atoms with Crippen LogP contribution in [0.25, 0.3) is 0 Å². The minimum absolute atomic E-state index is 0.521. The van der Waals surface area contributed by atoms with Gasteiger partial charge in [0.05, 0.1) is 13.2 Å². The molecule has 1 heterocycles. The van der Waals surface area contributed by atoms with Crippen LogP contribution < -0.4 is 0 Å². The summed E-state index contributed by atoms with van der Waals surface area (Å²) in [7, 11) is 0. The highest BCUT2D eigenvalue weighted by atomic mass is 16.5. The average Bonchev–Trinajstić information content (AvgIpc) is 1.56. The Morgan fingerprint density at radius 1 is 1.40 bits per heavy atom. The molecule has 0 saturated carbocycles. The van der Waals surface area contributed by atoms with E-state index in [1.165, 1.54) is 12.8 Å².